The summed E-state index contributed by atoms with van der Waals surface area (Å²) in [4.78, 5) is 4.91. The van der Waals surface area contributed by atoms with E-state index in [0.717, 1.165) is 31.2 Å². The molecule has 0 bridgehead atoms. The molecule has 3 rings (SSSR count). The number of nitrogens with zero attached hydrogens (tertiary/aromatic N) is 1. The van der Waals surface area contributed by atoms with E-state index in [4.69, 9.17) is 11.6 Å². The molecule has 1 fully saturated rings. The van der Waals surface area contributed by atoms with Crippen molar-refractivity contribution in [1.82, 2.24) is 10.2 Å². The van der Waals surface area contributed by atoms with Crippen molar-refractivity contribution in [2.45, 2.75) is 29.7 Å². The van der Waals surface area contributed by atoms with Crippen LogP contribution in [0.4, 0.5) is 0 Å². The van der Waals surface area contributed by atoms with E-state index < -0.39 is 0 Å². The number of nitrogens with one attached hydrogen (secondary N) is 1. The van der Waals surface area contributed by atoms with Crippen molar-refractivity contribution < 1.29 is 5.11 Å². The topological polar surface area (TPSA) is 35.5 Å². The van der Waals surface area contributed by atoms with Crippen molar-refractivity contribution in [1.29, 1.82) is 0 Å². The standard InChI is InChI=1S/C21H27ClN2OS/c1-21(2,15-25)20(24-13-11-23-12-14-24)18-5-3-4-6-19(18)26-17-9-7-16(22)8-10-17/h3-10,20,23,25H,11-15H2,1-2H3/t20-/m1/s1. The van der Waals surface area contributed by atoms with Gasteiger partial charge in [0.25, 0.3) is 0 Å². The van der Waals surface area contributed by atoms with Gasteiger partial charge in [0.2, 0.25) is 0 Å². The van der Waals surface area contributed by atoms with E-state index in [1.54, 1.807) is 11.8 Å². The van der Waals surface area contributed by atoms with E-state index in [2.05, 4.69) is 60.5 Å². The molecule has 2 aromatic carbocycles. The molecule has 140 valence electrons. The lowest BCUT2D eigenvalue weighted by Crippen LogP contribution is -2.49. The van der Waals surface area contributed by atoms with Crippen molar-refractivity contribution in [2.75, 3.05) is 32.8 Å². The van der Waals surface area contributed by atoms with E-state index in [0.29, 0.717) is 0 Å². The van der Waals surface area contributed by atoms with Crippen molar-refractivity contribution >= 4 is 23.4 Å². The third-order valence-electron chi connectivity index (χ3n) is 4.92. The van der Waals surface area contributed by atoms with E-state index >= 15 is 0 Å². The van der Waals surface area contributed by atoms with Crippen molar-refractivity contribution in [2.24, 2.45) is 5.41 Å². The first-order valence-electron chi connectivity index (χ1n) is 9.09. The summed E-state index contributed by atoms with van der Waals surface area (Å²) in [5, 5.41) is 14.3. The summed E-state index contributed by atoms with van der Waals surface area (Å²) < 4.78 is 0. The summed E-state index contributed by atoms with van der Waals surface area (Å²) in [6, 6.07) is 16.7. The molecule has 1 atom stereocenters. The van der Waals surface area contributed by atoms with Crippen LogP contribution in [-0.2, 0) is 0 Å². The molecule has 0 saturated carbocycles. The number of aliphatic hydroxyl groups excluding tert-OH is 1. The lowest BCUT2D eigenvalue weighted by molar-refractivity contribution is 0.0291. The third kappa shape index (κ3) is 4.62. The molecule has 0 radical (unpaired) electrons. The highest BCUT2D eigenvalue weighted by atomic mass is 35.5. The lowest BCUT2D eigenvalue weighted by atomic mass is 9.79. The van der Waals surface area contributed by atoms with Crippen LogP contribution in [0, 0.1) is 5.41 Å². The second kappa shape index (κ2) is 8.77. The Kier molecular flexibility index (Phi) is 6.65. The lowest BCUT2D eigenvalue weighted by Gasteiger charge is -2.44. The average molecular weight is 391 g/mol. The molecular formula is C21H27ClN2OS. The molecular weight excluding hydrogens is 364 g/mol. The van der Waals surface area contributed by atoms with Crippen LogP contribution in [0.15, 0.2) is 58.3 Å². The fourth-order valence-corrected chi connectivity index (χ4v) is 4.66. The molecule has 0 spiro atoms. The molecule has 2 aromatic rings. The Labute approximate surface area is 165 Å². The first-order valence-corrected chi connectivity index (χ1v) is 10.3. The zero-order valence-corrected chi connectivity index (χ0v) is 17.0. The van der Waals surface area contributed by atoms with Gasteiger partial charge in [-0.3, -0.25) is 4.90 Å². The van der Waals surface area contributed by atoms with Gasteiger partial charge in [-0.2, -0.15) is 0 Å². The predicted octanol–water partition coefficient (Wildman–Crippen LogP) is 4.46. The van der Waals surface area contributed by atoms with Crippen molar-refractivity contribution in [3.05, 3.63) is 59.1 Å². The minimum Gasteiger partial charge on any atom is -0.396 e. The van der Waals surface area contributed by atoms with Crippen LogP contribution in [0.3, 0.4) is 0 Å². The Hall–Kier alpha value is -1.04. The zero-order valence-electron chi connectivity index (χ0n) is 15.4. The van der Waals surface area contributed by atoms with E-state index in [1.807, 2.05) is 12.1 Å². The molecule has 0 amide bonds. The van der Waals surface area contributed by atoms with Crippen molar-refractivity contribution in [3.8, 4) is 0 Å². The van der Waals surface area contributed by atoms with Gasteiger partial charge in [0.1, 0.15) is 0 Å². The number of hydrogen-bond acceptors (Lipinski definition) is 4. The zero-order chi connectivity index (χ0) is 18.6. The molecule has 5 heteroatoms. The summed E-state index contributed by atoms with van der Waals surface area (Å²) in [5.41, 5.74) is 1.06. The highest BCUT2D eigenvalue weighted by molar-refractivity contribution is 7.99. The van der Waals surface area contributed by atoms with Gasteiger partial charge in [-0.25, -0.2) is 0 Å². The molecule has 1 saturated heterocycles. The number of piperazine rings is 1. The summed E-state index contributed by atoms with van der Waals surface area (Å²) in [5.74, 6) is 0. The molecule has 0 aromatic heterocycles. The van der Waals surface area contributed by atoms with Gasteiger partial charge >= 0.3 is 0 Å². The maximum Gasteiger partial charge on any atom is 0.0500 e. The molecule has 1 aliphatic rings. The largest absolute Gasteiger partial charge is 0.396 e. The normalized spacial score (nSPS) is 17.2. The molecule has 0 unspecified atom stereocenters. The minimum absolute atomic E-state index is 0.154. The quantitative estimate of drug-likeness (QED) is 0.763. The van der Waals surface area contributed by atoms with Gasteiger partial charge in [0.05, 0.1) is 0 Å². The maximum atomic E-state index is 10.1. The Morgan fingerprint density at radius 1 is 1.12 bits per heavy atom. The Bertz CT molecular complexity index is 714. The van der Waals surface area contributed by atoms with Gasteiger partial charge in [0, 0.05) is 59.1 Å². The van der Waals surface area contributed by atoms with E-state index in [9.17, 15) is 5.11 Å². The second-order valence-corrected chi connectivity index (χ2v) is 8.98. The van der Waals surface area contributed by atoms with Crippen LogP contribution in [0.1, 0.15) is 25.5 Å². The third-order valence-corrected chi connectivity index (χ3v) is 6.27. The minimum atomic E-state index is -0.228. The first kappa shape index (κ1) is 19.7. The number of aliphatic hydroxyl groups is 1. The highest BCUT2D eigenvalue weighted by Gasteiger charge is 2.36. The van der Waals surface area contributed by atoms with Crippen LogP contribution in [0.2, 0.25) is 5.02 Å². The van der Waals surface area contributed by atoms with Crippen LogP contribution >= 0.6 is 23.4 Å². The van der Waals surface area contributed by atoms with Crippen LogP contribution in [0.25, 0.3) is 0 Å². The molecule has 0 aliphatic carbocycles. The Balaban J connectivity index is 1.97. The Morgan fingerprint density at radius 3 is 2.42 bits per heavy atom. The van der Waals surface area contributed by atoms with Gasteiger partial charge in [-0.15, -0.1) is 0 Å². The van der Waals surface area contributed by atoms with Gasteiger partial charge in [-0.05, 0) is 35.9 Å². The van der Waals surface area contributed by atoms with Gasteiger partial charge < -0.3 is 10.4 Å². The van der Waals surface area contributed by atoms with Gasteiger partial charge in [0.15, 0.2) is 0 Å². The maximum absolute atomic E-state index is 10.1. The molecule has 1 aliphatic heterocycles. The summed E-state index contributed by atoms with van der Waals surface area (Å²) in [6.07, 6.45) is 0. The first-order chi connectivity index (χ1) is 12.5. The monoisotopic (exact) mass is 390 g/mol. The van der Waals surface area contributed by atoms with E-state index in [1.165, 1.54) is 15.4 Å². The number of halogens is 1. The predicted molar refractivity (Wildman–Crippen MR) is 110 cm³/mol. The SMILES string of the molecule is CC(C)(CO)[C@@H](c1ccccc1Sc1ccc(Cl)cc1)N1CCNCC1. The molecule has 1 heterocycles. The van der Waals surface area contributed by atoms with Crippen LogP contribution in [0.5, 0.6) is 0 Å². The van der Waals surface area contributed by atoms with Crippen LogP contribution in [-0.4, -0.2) is 42.8 Å². The smallest absolute Gasteiger partial charge is 0.0500 e. The molecule has 3 nitrogen and oxygen atoms in total. The fraction of sp³-hybridized carbons (Fsp3) is 0.429. The summed E-state index contributed by atoms with van der Waals surface area (Å²) in [6.45, 7) is 8.44. The highest BCUT2D eigenvalue weighted by Crippen LogP contribution is 2.43. The molecule has 2 N–H and O–H groups in total. The van der Waals surface area contributed by atoms with Crippen LogP contribution < -0.4 is 5.32 Å². The average Bonchev–Trinajstić information content (AvgIpc) is 2.66. The molecule has 26 heavy (non-hydrogen) atoms. The fourth-order valence-electron chi connectivity index (χ4n) is 3.57. The number of hydrogen-bond donors (Lipinski definition) is 2. The Morgan fingerprint density at radius 2 is 1.77 bits per heavy atom. The number of benzene rings is 2. The van der Waals surface area contributed by atoms with Gasteiger partial charge in [-0.1, -0.05) is 55.4 Å². The second-order valence-electron chi connectivity index (χ2n) is 7.43. The van der Waals surface area contributed by atoms with E-state index in [-0.39, 0.29) is 18.1 Å². The van der Waals surface area contributed by atoms with Crippen molar-refractivity contribution in [3.63, 3.8) is 0 Å². The summed E-state index contributed by atoms with van der Waals surface area (Å²) >= 11 is 7.79. The summed E-state index contributed by atoms with van der Waals surface area (Å²) in [7, 11) is 0. The number of rotatable bonds is 6.